The molecule has 1 heterocycles. The lowest BCUT2D eigenvalue weighted by molar-refractivity contribution is 0.102. The molecule has 1 N–H and O–H groups in total. The predicted molar refractivity (Wildman–Crippen MR) is 124 cm³/mol. The second-order valence-electron chi connectivity index (χ2n) is 6.86. The van der Waals surface area contributed by atoms with Gasteiger partial charge in [0.2, 0.25) is 5.43 Å². The minimum absolute atomic E-state index is 0.244. The van der Waals surface area contributed by atoms with Crippen molar-refractivity contribution in [3.63, 3.8) is 0 Å². The van der Waals surface area contributed by atoms with E-state index in [4.69, 9.17) is 23.2 Å². The van der Waals surface area contributed by atoms with Gasteiger partial charge in [0, 0.05) is 15.6 Å². The van der Waals surface area contributed by atoms with Crippen LogP contribution in [0, 0.1) is 6.92 Å². The lowest BCUT2D eigenvalue weighted by atomic mass is 10.0. The van der Waals surface area contributed by atoms with Crippen molar-refractivity contribution in [1.82, 2.24) is 9.78 Å². The Labute approximate surface area is 188 Å². The summed E-state index contributed by atoms with van der Waals surface area (Å²) in [5, 5.41) is 8.36. The van der Waals surface area contributed by atoms with E-state index in [9.17, 15) is 9.59 Å². The van der Waals surface area contributed by atoms with Gasteiger partial charge in [-0.1, -0.05) is 59.6 Å². The van der Waals surface area contributed by atoms with Crippen LogP contribution in [0.3, 0.4) is 0 Å². The standard InChI is InChI=1S/C24H17Cl2N3O2/c1-15-22(30)21(16-10-12-18(25)13-11-16)23(27-24(31)17-6-3-2-4-7-17)29(28-15)20-9-5-8-19(26)14-20/h2-14H,1H3,(H,27,31). The number of nitrogens with zero attached hydrogens (tertiary/aromatic N) is 2. The maximum Gasteiger partial charge on any atom is 0.256 e. The maximum atomic E-state index is 13.2. The van der Waals surface area contributed by atoms with Crippen molar-refractivity contribution in [2.75, 3.05) is 5.32 Å². The second-order valence-corrected chi connectivity index (χ2v) is 7.73. The molecule has 7 heteroatoms. The molecule has 0 saturated carbocycles. The monoisotopic (exact) mass is 449 g/mol. The van der Waals surface area contributed by atoms with Crippen LogP contribution in [0.1, 0.15) is 16.1 Å². The Bertz CT molecular complexity index is 1320. The van der Waals surface area contributed by atoms with Gasteiger partial charge in [-0.25, -0.2) is 4.68 Å². The molecular formula is C24H17Cl2N3O2. The number of halogens is 2. The third kappa shape index (κ3) is 4.38. The van der Waals surface area contributed by atoms with Crippen molar-refractivity contribution >= 4 is 34.9 Å². The average molecular weight is 450 g/mol. The molecule has 5 nitrogen and oxygen atoms in total. The summed E-state index contributed by atoms with van der Waals surface area (Å²) in [7, 11) is 0. The van der Waals surface area contributed by atoms with Crippen LogP contribution < -0.4 is 10.7 Å². The molecule has 31 heavy (non-hydrogen) atoms. The topological polar surface area (TPSA) is 64.0 Å². The van der Waals surface area contributed by atoms with Crippen molar-refractivity contribution < 1.29 is 4.79 Å². The minimum atomic E-state index is -0.364. The van der Waals surface area contributed by atoms with Gasteiger partial charge in [0.15, 0.2) is 0 Å². The molecule has 0 atom stereocenters. The highest BCUT2D eigenvalue weighted by molar-refractivity contribution is 6.31. The van der Waals surface area contributed by atoms with Crippen LogP contribution in [-0.4, -0.2) is 15.7 Å². The summed E-state index contributed by atoms with van der Waals surface area (Å²) in [5.41, 5.74) is 1.98. The maximum absolute atomic E-state index is 13.2. The molecule has 0 fully saturated rings. The molecule has 0 bridgehead atoms. The lowest BCUT2D eigenvalue weighted by Crippen LogP contribution is -2.24. The van der Waals surface area contributed by atoms with Crippen LogP contribution in [-0.2, 0) is 0 Å². The van der Waals surface area contributed by atoms with Gasteiger partial charge in [-0.3, -0.25) is 9.59 Å². The van der Waals surface area contributed by atoms with E-state index in [1.54, 1.807) is 79.7 Å². The summed E-state index contributed by atoms with van der Waals surface area (Å²) in [5.74, 6) is -0.120. The molecule has 0 aliphatic rings. The van der Waals surface area contributed by atoms with Crippen molar-refractivity contribution in [2.24, 2.45) is 0 Å². The van der Waals surface area contributed by atoms with E-state index in [0.717, 1.165) is 0 Å². The third-order valence-electron chi connectivity index (χ3n) is 4.71. The number of hydrogen-bond acceptors (Lipinski definition) is 3. The van der Waals surface area contributed by atoms with Crippen molar-refractivity contribution in [3.8, 4) is 16.8 Å². The molecule has 0 radical (unpaired) electrons. The Morgan fingerprint density at radius 3 is 2.29 bits per heavy atom. The van der Waals surface area contributed by atoms with Gasteiger partial charge in [0.25, 0.3) is 5.91 Å². The van der Waals surface area contributed by atoms with Crippen molar-refractivity contribution in [1.29, 1.82) is 0 Å². The van der Waals surface area contributed by atoms with Crippen LogP contribution >= 0.6 is 23.2 Å². The fourth-order valence-corrected chi connectivity index (χ4v) is 3.51. The van der Waals surface area contributed by atoms with Gasteiger partial charge in [-0.15, -0.1) is 0 Å². The van der Waals surface area contributed by atoms with Crippen molar-refractivity contribution in [3.05, 3.63) is 110 Å². The molecule has 0 aliphatic carbocycles. The molecule has 4 rings (SSSR count). The molecule has 0 spiro atoms. The molecule has 3 aromatic carbocycles. The van der Waals surface area contributed by atoms with Crippen LogP contribution in [0.25, 0.3) is 16.8 Å². The number of benzene rings is 3. The average Bonchev–Trinajstić information content (AvgIpc) is 2.78. The highest BCUT2D eigenvalue weighted by Gasteiger charge is 2.21. The lowest BCUT2D eigenvalue weighted by Gasteiger charge is -2.18. The summed E-state index contributed by atoms with van der Waals surface area (Å²) in [6, 6.07) is 22.6. The fraction of sp³-hybridized carbons (Fsp3) is 0.0417. The molecule has 0 aliphatic heterocycles. The fourth-order valence-electron chi connectivity index (χ4n) is 3.20. The van der Waals surface area contributed by atoms with E-state index in [1.807, 2.05) is 6.07 Å². The number of anilines is 1. The Kier molecular flexibility index (Phi) is 5.89. The van der Waals surface area contributed by atoms with Crippen molar-refractivity contribution in [2.45, 2.75) is 6.92 Å². The second kappa shape index (κ2) is 8.76. The summed E-state index contributed by atoms with van der Waals surface area (Å²) >= 11 is 12.2. The number of aromatic nitrogens is 2. The van der Waals surface area contributed by atoms with Gasteiger partial charge in [0.1, 0.15) is 11.5 Å². The Hall–Kier alpha value is -3.41. The first-order chi connectivity index (χ1) is 14.9. The number of rotatable bonds is 4. The zero-order valence-electron chi connectivity index (χ0n) is 16.5. The van der Waals surface area contributed by atoms with Gasteiger partial charge < -0.3 is 5.32 Å². The molecule has 0 saturated heterocycles. The zero-order chi connectivity index (χ0) is 22.0. The summed E-state index contributed by atoms with van der Waals surface area (Å²) < 4.78 is 1.52. The molecule has 154 valence electrons. The normalized spacial score (nSPS) is 10.7. The summed E-state index contributed by atoms with van der Waals surface area (Å²) in [6.07, 6.45) is 0. The molecule has 1 amide bonds. The Balaban J connectivity index is 1.98. The van der Waals surface area contributed by atoms with E-state index in [0.29, 0.717) is 32.4 Å². The molecule has 1 aromatic heterocycles. The van der Waals surface area contributed by atoms with Crippen LogP contribution in [0.2, 0.25) is 10.0 Å². The number of carbonyl (C=O) groups excluding carboxylic acids is 1. The third-order valence-corrected chi connectivity index (χ3v) is 5.19. The van der Waals surface area contributed by atoms with Gasteiger partial charge in [0.05, 0.1) is 11.3 Å². The number of amides is 1. The van der Waals surface area contributed by atoms with Crippen LogP contribution in [0.4, 0.5) is 5.82 Å². The smallest absolute Gasteiger partial charge is 0.256 e. The largest absolute Gasteiger partial charge is 0.306 e. The Morgan fingerprint density at radius 2 is 1.61 bits per heavy atom. The summed E-state index contributed by atoms with van der Waals surface area (Å²) in [6.45, 7) is 1.63. The van der Waals surface area contributed by atoms with E-state index in [1.165, 1.54) is 4.68 Å². The molecule has 0 unspecified atom stereocenters. The number of carbonyl (C=O) groups is 1. The zero-order valence-corrected chi connectivity index (χ0v) is 18.0. The highest BCUT2D eigenvalue weighted by atomic mass is 35.5. The Morgan fingerprint density at radius 1 is 0.903 bits per heavy atom. The quantitative estimate of drug-likeness (QED) is 0.430. The van der Waals surface area contributed by atoms with E-state index >= 15 is 0 Å². The minimum Gasteiger partial charge on any atom is -0.306 e. The first-order valence-electron chi connectivity index (χ1n) is 9.46. The van der Waals surface area contributed by atoms with E-state index in [2.05, 4.69) is 10.4 Å². The first kappa shape index (κ1) is 20.8. The summed E-state index contributed by atoms with van der Waals surface area (Å²) in [4.78, 5) is 26.2. The van der Waals surface area contributed by atoms with Crippen LogP contribution in [0.15, 0.2) is 83.7 Å². The molecular weight excluding hydrogens is 433 g/mol. The van der Waals surface area contributed by atoms with E-state index in [-0.39, 0.29) is 22.8 Å². The van der Waals surface area contributed by atoms with Gasteiger partial charge >= 0.3 is 0 Å². The number of nitrogens with one attached hydrogen (secondary N) is 1. The van der Waals surface area contributed by atoms with E-state index < -0.39 is 0 Å². The van der Waals surface area contributed by atoms with Gasteiger partial charge in [-0.05, 0) is 55.0 Å². The van der Waals surface area contributed by atoms with Gasteiger partial charge in [-0.2, -0.15) is 5.10 Å². The SMILES string of the molecule is Cc1nn(-c2cccc(Cl)c2)c(NC(=O)c2ccccc2)c(-c2ccc(Cl)cc2)c1=O. The highest BCUT2D eigenvalue weighted by Crippen LogP contribution is 2.29. The first-order valence-corrected chi connectivity index (χ1v) is 10.2. The number of hydrogen-bond donors (Lipinski definition) is 1. The number of aryl methyl sites for hydroxylation is 1. The predicted octanol–water partition coefficient (Wildman–Crippen LogP) is 5.77. The van der Waals surface area contributed by atoms with Crippen LogP contribution in [0.5, 0.6) is 0 Å². The molecule has 4 aromatic rings.